The van der Waals surface area contributed by atoms with Crippen molar-refractivity contribution in [1.82, 2.24) is 0 Å². The number of nitrogens with one attached hydrogen (secondary N) is 1. The van der Waals surface area contributed by atoms with Gasteiger partial charge in [-0.25, -0.2) is 0 Å². The van der Waals surface area contributed by atoms with Gasteiger partial charge in [-0.15, -0.1) is 13.2 Å². The maximum atomic E-state index is 11.7. The molecule has 2 nitrogen and oxygen atoms in total. The highest BCUT2D eigenvalue weighted by Crippen LogP contribution is 2.17. The number of benzene rings is 1. The lowest BCUT2D eigenvalue weighted by atomic mass is 10.1. The van der Waals surface area contributed by atoms with Crippen molar-refractivity contribution in [1.29, 1.82) is 0 Å². The predicted octanol–water partition coefficient (Wildman–Crippen LogP) is 3.20. The molecule has 0 radical (unpaired) electrons. The summed E-state index contributed by atoms with van der Waals surface area (Å²) in [4.78, 5) is 0. The van der Waals surface area contributed by atoms with Crippen LogP contribution in [0.3, 0.4) is 0 Å². The molecule has 0 bridgehead atoms. The third kappa shape index (κ3) is 4.53. The van der Waals surface area contributed by atoms with Crippen LogP contribution in [0, 0.1) is 0 Å². The zero-order valence-electron chi connectivity index (χ0n) is 8.97. The Balaban J connectivity index is 2.37. The van der Waals surface area contributed by atoms with Gasteiger partial charge in [0.05, 0.1) is 6.61 Å². The van der Waals surface area contributed by atoms with Crippen LogP contribution < -0.4 is 5.32 Å². The quantitative estimate of drug-likeness (QED) is 0.788. The Kier molecular flexibility index (Phi) is 4.61. The van der Waals surface area contributed by atoms with E-state index in [1.165, 1.54) is 0 Å². The van der Waals surface area contributed by atoms with Crippen LogP contribution in [-0.4, -0.2) is 19.5 Å². The second kappa shape index (κ2) is 5.75. The maximum absolute atomic E-state index is 11.7. The number of aryl methyl sites for hydroxylation is 1. The van der Waals surface area contributed by atoms with Gasteiger partial charge in [0.25, 0.3) is 0 Å². The molecule has 1 N–H and O–H groups in total. The molecule has 16 heavy (non-hydrogen) atoms. The fraction of sp³-hybridized carbons (Fsp3) is 0.455. The zero-order chi connectivity index (χ0) is 12.0. The molecule has 0 saturated carbocycles. The van der Waals surface area contributed by atoms with Crippen LogP contribution in [-0.2, 0) is 11.2 Å². The van der Waals surface area contributed by atoms with E-state index in [9.17, 15) is 13.2 Å². The van der Waals surface area contributed by atoms with E-state index in [1.54, 1.807) is 0 Å². The summed E-state index contributed by atoms with van der Waals surface area (Å²) in [5, 5.41) is 2.91. The lowest BCUT2D eigenvalue weighted by molar-refractivity contribution is -0.322. The maximum Gasteiger partial charge on any atom is 0.522 e. The molecule has 5 heteroatoms. The number of ether oxygens (including phenoxy) is 1. The third-order valence-corrected chi connectivity index (χ3v) is 2.08. The third-order valence-electron chi connectivity index (χ3n) is 2.08. The topological polar surface area (TPSA) is 21.3 Å². The number of anilines is 1. The molecule has 90 valence electrons. The van der Waals surface area contributed by atoms with Crippen molar-refractivity contribution in [3.05, 3.63) is 29.8 Å². The minimum atomic E-state index is -4.55. The number of halogens is 3. The highest BCUT2D eigenvalue weighted by atomic mass is 19.4. The Labute approximate surface area is 92.4 Å². The van der Waals surface area contributed by atoms with Gasteiger partial charge in [-0.2, -0.15) is 0 Å². The first-order chi connectivity index (χ1) is 7.53. The van der Waals surface area contributed by atoms with Gasteiger partial charge in [0.2, 0.25) is 0 Å². The summed E-state index contributed by atoms with van der Waals surface area (Å²) in [6, 6.07) is 7.52. The summed E-state index contributed by atoms with van der Waals surface area (Å²) < 4.78 is 38.7. The van der Waals surface area contributed by atoms with Crippen LogP contribution in [0.25, 0.3) is 0 Å². The van der Waals surface area contributed by atoms with E-state index in [1.807, 2.05) is 31.2 Å². The lowest BCUT2D eigenvalue weighted by Crippen LogP contribution is -2.19. The van der Waals surface area contributed by atoms with Crippen molar-refractivity contribution in [2.45, 2.75) is 19.7 Å². The van der Waals surface area contributed by atoms with E-state index in [4.69, 9.17) is 0 Å². The van der Waals surface area contributed by atoms with Crippen molar-refractivity contribution < 1.29 is 17.9 Å². The second-order valence-corrected chi connectivity index (χ2v) is 3.23. The van der Waals surface area contributed by atoms with Crippen LogP contribution in [0.4, 0.5) is 18.9 Å². The number of para-hydroxylation sites is 1. The summed E-state index contributed by atoms with van der Waals surface area (Å²) in [6.07, 6.45) is -3.71. The first kappa shape index (κ1) is 12.8. The van der Waals surface area contributed by atoms with Crippen molar-refractivity contribution >= 4 is 5.69 Å². The second-order valence-electron chi connectivity index (χ2n) is 3.23. The Morgan fingerprint density at radius 3 is 2.56 bits per heavy atom. The first-order valence-corrected chi connectivity index (χ1v) is 5.05. The summed E-state index contributed by atoms with van der Waals surface area (Å²) in [5.74, 6) is 0. The minimum Gasteiger partial charge on any atom is -0.383 e. The first-order valence-electron chi connectivity index (χ1n) is 5.05. The number of rotatable bonds is 5. The molecule has 0 saturated heterocycles. The fourth-order valence-electron chi connectivity index (χ4n) is 1.35. The van der Waals surface area contributed by atoms with Crippen molar-refractivity contribution in [2.75, 3.05) is 18.5 Å². The Hall–Kier alpha value is -1.23. The summed E-state index contributed by atoms with van der Waals surface area (Å²) in [5.41, 5.74) is 1.94. The fourth-order valence-corrected chi connectivity index (χ4v) is 1.35. The SMILES string of the molecule is CCc1ccccc1NCCOC(F)(F)F. The molecule has 1 aromatic carbocycles. The predicted molar refractivity (Wildman–Crippen MR) is 56.3 cm³/mol. The molecule has 0 fully saturated rings. The molecule has 0 spiro atoms. The number of hydrogen-bond donors (Lipinski definition) is 1. The molecule has 0 aliphatic heterocycles. The van der Waals surface area contributed by atoms with Crippen LogP contribution in [0.5, 0.6) is 0 Å². The molecule has 0 unspecified atom stereocenters. The van der Waals surface area contributed by atoms with Crippen LogP contribution in [0.2, 0.25) is 0 Å². The average Bonchev–Trinajstić information content (AvgIpc) is 2.23. The van der Waals surface area contributed by atoms with Gasteiger partial charge in [-0.3, -0.25) is 4.74 Å². The number of alkyl halides is 3. The van der Waals surface area contributed by atoms with Gasteiger partial charge in [0.1, 0.15) is 0 Å². The Morgan fingerprint density at radius 2 is 1.94 bits per heavy atom. The molecule has 0 heterocycles. The minimum absolute atomic E-state index is 0.135. The molecule has 0 aromatic heterocycles. The lowest BCUT2D eigenvalue weighted by Gasteiger charge is -2.11. The molecular formula is C11H14F3NO. The molecule has 1 rings (SSSR count). The van der Waals surface area contributed by atoms with Gasteiger partial charge in [-0.1, -0.05) is 25.1 Å². The normalized spacial score (nSPS) is 11.5. The summed E-state index contributed by atoms with van der Waals surface area (Å²) in [6.45, 7) is 1.74. The number of hydrogen-bond acceptors (Lipinski definition) is 2. The van der Waals surface area contributed by atoms with Crippen LogP contribution in [0.15, 0.2) is 24.3 Å². The van der Waals surface area contributed by atoms with Gasteiger partial charge >= 0.3 is 6.36 Å². The van der Waals surface area contributed by atoms with E-state index >= 15 is 0 Å². The highest BCUT2D eigenvalue weighted by molar-refractivity contribution is 5.50. The molecular weight excluding hydrogens is 219 g/mol. The molecule has 1 aromatic rings. The van der Waals surface area contributed by atoms with Gasteiger partial charge in [-0.05, 0) is 18.1 Å². The Bertz CT molecular complexity index is 325. The van der Waals surface area contributed by atoms with E-state index in [0.717, 1.165) is 17.7 Å². The van der Waals surface area contributed by atoms with Crippen molar-refractivity contribution in [2.24, 2.45) is 0 Å². The largest absolute Gasteiger partial charge is 0.522 e. The van der Waals surface area contributed by atoms with E-state index in [0.29, 0.717) is 0 Å². The summed E-state index contributed by atoms with van der Waals surface area (Å²) in [7, 11) is 0. The van der Waals surface area contributed by atoms with E-state index in [-0.39, 0.29) is 13.2 Å². The average molecular weight is 233 g/mol. The van der Waals surface area contributed by atoms with Crippen molar-refractivity contribution in [3.8, 4) is 0 Å². The zero-order valence-corrected chi connectivity index (χ0v) is 8.97. The highest BCUT2D eigenvalue weighted by Gasteiger charge is 2.28. The smallest absolute Gasteiger partial charge is 0.383 e. The molecule has 0 aliphatic rings. The molecule has 0 atom stereocenters. The standard InChI is InChI=1S/C11H14F3NO/c1-2-9-5-3-4-6-10(9)15-7-8-16-11(12,13)14/h3-6,15H,2,7-8H2,1H3. The van der Waals surface area contributed by atoms with Crippen LogP contribution >= 0.6 is 0 Å². The van der Waals surface area contributed by atoms with Crippen LogP contribution in [0.1, 0.15) is 12.5 Å². The van der Waals surface area contributed by atoms with Gasteiger partial charge < -0.3 is 5.32 Å². The van der Waals surface area contributed by atoms with Gasteiger partial charge in [0.15, 0.2) is 0 Å². The van der Waals surface area contributed by atoms with Crippen molar-refractivity contribution in [3.63, 3.8) is 0 Å². The van der Waals surface area contributed by atoms with E-state index in [2.05, 4.69) is 10.1 Å². The van der Waals surface area contributed by atoms with E-state index < -0.39 is 6.36 Å². The summed E-state index contributed by atoms with van der Waals surface area (Å²) >= 11 is 0. The van der Waals surface area contributed by atoms with Gasteiger partial charge in [0, 0.05) is 12.2 Å². The molecule has 0 amide bonds. The molecule has 0 aliphatic carbocycles. The Morgan fingerprint density at radius 1 is 1.25 bits per heavy atom. The monoisotopic (exact) mass is 233 g/mol.